The van der Waals surface area contributed by atoms with E-state index < -0.39 is 14.2 Å². The number of halogens is 1. The van der Waals surface area contributed by atoms with Gasteiger partial charge in [-0.15, -0.1) is 0 Å². The molecule has 9 nitrogen and oxygen atoms in total. The second-order valence-corrected chi connectivity index (χ2v) is 14.7. The van der Waals surface area contributed by atoms with Gasteiger partial charge in [-0.25, -0.2) is 9.78 Å². The van der Waals surface area contributed by atoms with Crippen molar-refractivity contribution in [3.05, 3.63) is 41.2 Å². The number of amides is 1. The van der Waals surface area contributed by atoms with Crippen molar-refractivity contribution in [3.63, 3.8) is 0 Å². The highest BCUT2D eigenvalue weighted by Crippen LogP contribution is 2.27. The summed E-state index contributed by atoms with van der Waals surface area (Å²) in [5.41, 5.74) is 1.67. The van der Waals surface area contributed by atoms with Gasteiger partial charge >= 0.3 is 6.09 Å². The van der Waals surface area contributed by atoms with Gasteiger partial charge in [0, 0.05) is 26.9 Å². The molecule has 174 valence electrons. The van der Waals surface area contributed by atoms with Gasteiger partial charge in [0.05, 0.1) is 18.2 Å². The SMILES string of the molecule is C[Si](C)(C)CCOCn1c(CCCNC(=O)O)cc2c(NCc3ccco3)nc(Cl)nc21. The Bertz CT molecular complexity index is 1030. The average Bonchev–Trinajstić information content (AvgIpc) is 3.34. The fourth-order valence-electron chi connectivity index (χ4n) is 3.22. The number of fused-ring (bicyclic) bond motifs is 1. The molecule has 0 saturated heterocycles. The van der Waals surface area contributed by atoms with Gasteiger partial charge in [-0.2, -0.15) is 4.98 Å². The molecule has 0 aliphatic carbocycles. The van der Waals surface area contributed by atoms with Crippen molar-refractivity contribution < 1.29 is 19.1 Å². The van der Waals surface area contributed by atoms with E-state index in [0.29, 0.717) is 50.7 Å². The third kappa shape index (κ3) is 6.97. The van der Waals surface area contributed by atoms with Crippen molar-refractivity contribution in [3.8, 4) is 0 Å². The molecule has 3 aromatic rings. The molecule has 0 fully saturated rings. The highest BCUT2D eigenvalue weighted by Gasteiger charge is 2.17. The maximum Gasteiger partial charge on any atom is 0.404 e. The van der Waals surface area contributed by atoms with Crippen molar-refractivity contribution in [1.82, 2.24) is 19.9 Å². The van der Waals surface area contributed by atoms with Crippen LogP contribution in [0.15, 0.2) is 28.9 Å². The van der Waals surface area contributed by atoms with Crippen LogP contribution in [0.2, 0.25) is 31.0 Å². The number of nitrogens with zero attached hydrogens (tertiary/aromatic N) is 3. The van der Waals surface area contributed by atoms with Crippen molar-refractivity contribution >= 4 is 42.6 Å². The zero-order chi connectivity index (χ0) is 23.1. The van der Waals surface area contributed by atoms with Gasteiger partial charge in [-0.3, -0.25) is 0 Å². The molecule has 0 saturated carbocycles. The number of aromatic nitrogens is 3. The minimum absolute atomic E-state index is 0.139. The molecule has 3 heterocycles. The van der Waals surface area contributed by atoms with Gasteiger partial charge < -0.3 is 29.5 Å². The van der Waals surface area contributed by atoms with Gasteiger partial charge in [-0.1, -0.05) is 19.6 Å². The summed E-state index contributed by atoms with van der Waals surface area (Å²) in [4.78, 5) is 19.6. The summed E-state index contributed by atoms with van der Waals surface area (Å²) < 4.78 is 13.4. The molecule has 0 unspecified atom stereocenters. The lowest BCUT2D eigenvalue weighted by Crippen LogP contribution is -2.23. The number of anilines is 1. The topological polar surface area (TPSA) is 114 Å². The largest absolute Gasteiger partial charge is 0.467 e. The van der Waals surface area contributed by atoms with E-state index >= 15 is 0 Å². The predicted octanol–water partition coefficient (Wildman–Crippen LogP) is 4.80. The standard InChI is InChI=1S/C21H30ClN5O4Si/c1-32(2,3)11-10-30-14-27-15(6-4-8-23-21(28)29)12-17-18(25-20(22)26-19(17)27)24-13-16-7-5-9-31-16/h5,7,9,12,23H,4,6,8,10-11,13-14H2,1-3H3,(H,28,29)(H,24,25,26). The Balaban J connectivity index is 1.83. The molecule has 0 radical (unpaired) electrons. The van der Waals surface area contributed by atoms with Crippen LogP contribution >= 0.6 is 11.6 Å². The maximum atomic E-state index is 10.7. The molecule has 0 aliphatic rings. The van der Waals surface area contributed by atoms with Crippen LogP contribution in [0.3, 0.4) is 0 Å². The van der Waals surface area contributed by atoms with E-state index in [4.69, 9.17) is 25.9 Å². The number of hydrogen-bond donors (Lipinski definition) is 3. The van der Waals surface area contributed by atoms with Gasteiger partial charge in [0.1, 0.15) is 24.0 Å². The first-order valence-electron chi connectivity index (χ1n) is 10.6. The first-order valence-corrected chi connectivity index (χ1v) is 14.7. The Morgan fingerprint density at radius 3 is 2.84 bits per heavy atom. The fourth-order valence-corrected chi connectivity index (χ4v) is 4.14. The summed E-state index contributed by atoms with van der Waals surface area (Å²) in [5.74, 6) is 1.39. The van der Waals surface area contributed by atoms with E-state index in [1.54, 1.807) is 6.26 Å². The second-order valence-electron chi connectivity index (χ2n) is 8.76. The number of furan rings is 1. The van der Waals surface area contributed by atoms with Crippen LogP contribution in [-0.4, -0.2) is 47.0 Å². The van der Waals surface area contributed by atoms with Gasteiger partial charge in [-0.05, 0) is 48.7 Å². The van der Waals surface area contributed by atoms with Crippen molar-refractivity contribution in [2.45, 2.75) is 51.8 Å². The first kappa shape index (κ1) is 24.1. The van der Waals surface area contributed by atoms with Crippen LogP contribution in [0, 0.1) is 0 Å². The molecule has 3 rings (SSSR count). The lowest BCUT2D eigenvalue weighted by Gasteiger charge is -2.16. The smallest absolute Gasteiger partial charge is 0.404 e. The Labute approximate surface area is 193 Å². The molecule has 0 aliphatic heterocycles. The number of ether oxygens (including phenoxy) is 1. The molecule has 0 bridgehead atoms. The van der Waals surface area contributed by atoms with Crippen molar-refractivity contribution in [2.75, 3.05) is 18.5 Å². The van der Waals surface area contributed by atoms with Crippen molar-refractivity contribution in [2.24, 2.45) is 0 Å². The number of aryl methyl sites for hydroxylation is 1. The van der Waals surface area contributed by atoms with Gasteiger partial charge in [0.2, 0.25) is 5.28 Å². The maximum absolute atomic E-state index is 10.7. The van der Waals surface area contributed by atoms with E-state index in [1.807, 2.05) is 22.8 Å². The second kappa shape index (κ2) is 10.8. The third-order valence-corrected chi connectivity index (χ3v) is 6.80. The van der Waals surface area contributed by atoms with E-state index in [9.17, 15) is 4.79 Å². The molecule has 0 aromatic carbocycles. The van der Waals surface area contributed by atoms with Crippen LogP contribution in [0.4, 0.5) is 10.6 Å². The van der Waals surface area contributed by atoms with Crippen molar-refractivity contribution in [1.29, 1.82) is 0 Å². The Hall–Kier alpha value is -2.56. The number of carboxylic acid groups (broad SMARTS) is 1. The lowest BCUT2D eigenvalue weighted by atomic mass is 10.2. The summed E-state index contributed by atoms with van der Waals surface area (Å²) >= 11 is 6.24. The Kier molecular flexibility index (Phi) is 8.16. The Morgan fingerprint density at radius 1 is 1.34 bits per heavy atom. The zero-order valence-corrected chi connectivity index (χ0v) is 20.4. The van der Waals surface area contributed by atoms with Crippen LogP contribution in [-0.2, 0) is 24.4 Å². The molecule has 3 aromatic heterocycles. The minimum Gasteiger partial charge on any atom is -0.467 e. The predicted molar refractivity (Wildman–Crippen MR) is 127 cm³/mol. The number of carbonyl (C=O) groups is 1. The molecule has 3 N–H and O–H groups in total. The van der Waals surface area contributed by atoms with Crippen LogP contribution in [0.5, 0.6) is 0 Å². The first-order chi connectivity index (χ1) is 15.2. The minimum atomic E-state index is -1.20. The monoisotopic (exact) mass is 479 g/mol. The summed E-state index contributed by atoms with van der Waals surface area (Å²) in [7, 11) is -1.20. The number of rotatable bonds is 12. The molecular weight excluding hydrogens is 450 g/mol. The summed E-state index contributed by atoms with van der Waals surface area (Å²) in [6.45, 7) is 8.79. The summed E-state index contributed by atoms with van der Waals surface area (Å²) in [5, 5.41) is 15.5. The number of hydrogen-bond acceptors (Lipinski definition) is 6. The fraction of sp³-hybridized carbons (Fsp3) is 0.476. The van der Waals surface area contributed by atoms with E-state index in [0.717, 1.165) is 22.9 Å². The van der Waals surface area contributed by atoms with E-state index in [-0.39, 0.29) is 5.28 Å². The van der Waals surface area contributed by atoms with Crippen LogP contribution < -0.4 is 10.6 Å². The summed E-state index contributed by atoms with van der Waals surface area (Å²) in [6.07, 6.45) is 1.90. The number of nitrogens with one attached hydrogen (secondary N) is 2. The normalized spacial score (nSPS) is 11.8. The third-order valence-electron chi connectivity index (χ3n) is 4.92. The Morgan fingerprint density at radius 2 is 2.16 bits per heavy atom. The summed E-state index contributed by atoms with van der Waals surface area (Å²) in [6, 6.07) is 6.79. The highest BCUT2D eigenvalue weighted by molar-refractivity contribution is 6.76. The van der Waals surface area contributed by atoms with Crippen LogP contribution in [0.25, 0.3) is 11.0 Å². The molecular formula is C21H30ClN5O4Si. The van der Waals surface area contributed by atoms with Gasteiger partial charge in [0.25, 0.3) is 0 Å². The molecule has 32 heavy (non-hydrogen) atoms. The van der Waals surface area contributed by atoms with Gasteiger partial charge in [0.15, 0.2) is 0 Å². The lowest BCUT2D eigenvalue weighted by molar-refractivity contribution is 0.0880. The molecule has 11 heteroatoms. The van der Waals surface area contributed by atoms with E-state index in [1.165, 1.54) is 0 Å². The highest BCUT2D eigenvalue weighted by atomic mass is 35.5. The van der Waals surface area contributed by atoms with E-state index in [2.05, 4.69) is 40.2 Å². The average molecular weight is 480 g/mol. The molecule has 1 amide bonds. The quantitative estimate of drug-likeness (QED) is 0.194. The van der Waals surface area contributed by atoms with Crippen LogP contribution in [0.1, 0.15) is 17.9 Å². The molecule has 0 atom stereocenters. The zero-order valence-electron chi connectivity index (χ0n) is 18.7. The molecule has 0 spiro atoms.